The van der Waals surface area contributed by atoms with Crippen molar-refractivity contribution in [3.8, 4) is 0 Å². The molecule has 0 fully saturated rings. The first kappa shape index (κ1) is 12.8. The number of rotatable bonds is 5. The lowest BCUT2D eigenvalue weighted by Gasteiger charge is -2.16. The normalized spacial score (nSPS) is 12.5. The number of carbonyl (C=O) groups excluding carboxylic acids is 1. The minimum Gasteiger partial charge on any atom is -0.300 e. The van der Waals surface area contributed by atoms with Crippen molar-refractivity contribution in [2.24, 2.45) is 0 Å². The minimum absolute atomic E-state index is 0.0511. The second-order valence-corrected chi connectivity index (χ2v) is 3.98. The molecule has 0 bridgehead atoms. The Bertz CT molecular complexity index is 354. The van der Waals surface area contributed by atoms with Crippen LogP contribution in [0.1, 0.15) is 44.6 Å². The Morgan fingerprint density at radius 1 is 1.31 bits per heavy atom. The van der Waals surface area contributed by atoms with E-state index in [1.165, 1.54) is 25.1 Å². The van der Waals surface area contributed by atoms with E-state index in [4.69, 9.17) is 0 Å². The predicted octanol–water partition coefficient (Wildman–Crippen LogP) is 3.83. The van der Waals surface area contributed by atoms with Crippen molar-refractivity contribution in [3.05, 3.63) is 35.4 Å². The third kappa shape index (κ3) is 3.12. The van der Waals surface area contributed by atoms with E-state index in [1.807, 2.05) is 6.92 Å². The Morgan fingerprint density at radius 3 is 2.31 bits per heavy atom. The number of carbonyl (C=O) groups is 1. The van der Waals surface area contributed by atoms with Gasteiger partial charge in [0.1, 0.15) is 17.4 Å². The average molecular weight is 226 g/mol. The number of halogens is 2. The monoisotopic (exact) mass is 226 g/mol. The van der Waals surface area contributed by atoms with Gasteiger partial charge in [-0.1, -0.05) is 13.0 Å². The number of benzene rings is 1. The van der Waals surface area contributed by atoms with Crippen LogP contribution in [0.3, 0.4) is 0 Å². The fraction of sp³-hybridized carbons (Fsp3) is 0.462. The second kappa shape index (κ2) is 5.73. The lowest BCUT2D eigenvalue weighted by atomic mass is 9.90. The Balaban J connectivity index is 2.90. The zero-order valence-corrected chi connectivity index (χ0v) is 9.59. The van der Waals surface area contributed by atoms with Gasteiger partial charge < -0.3 is 4.79 Å². The highest BCUT2D eigenvalue weighted by molar-refractivity contribution is 5.75. The fourth-order valence-corrected chi connectivity index (χ4v) is 1.83. The maximum Gasteiger partial charge on any atom is 0.129 e. The van der Waals surface area contributed by atoms with Crippen LogP contribution >= 0.6 is 0 Å². The van der Waals surface area contributed by atoms with Gasteiger partial charge in [0.05, 0.1) is 0 Å². The molecule has 0 spiro atoms. The molecule has 0 heterocycles. The molecule has 0 amide bonds. The molecule has 3 heteroatoms. The largest absolute Gasteiger partial charge is 0.300 e. The van der Waals surface area contributed by atoms with Crippen LogP contribution in [-0.4, -0.2) is 5.78 Å². The first-order valence-electron chi connectivity index (χ1n) is 5.49. The third-order valence-corrected chi connectivity index (χ3v) is 2.75. The Labute approximate surface area is 94.5 Å². The fourth-order valence-electron chi connectivity index (χ4n) is 1.83. The van der Waals surface area contributed by atoms with Crippen molar-refractivity contribution in [2.75, 3.05) is 0 Å². The molecule has 0 aliphatic carbocycles. The van der Waals surface area contributed by atoms with Gasteiger partial charge in [-0.05, 0) is 37.8 Å². The summed E-state index contributed by atoms with van der Waals surface area (Å²) in [5.74, 6) is -1.20. The Hall–Kier alpha value is -1.25. The van der Waals surface area contributed by atoms with Gasteiger partial charge in [0.2, 0.25) is 0 Å². The van der Waals surface area contributed by atoms with Crippen LogP contribution in [0, 0.1) is 11.6 Å². The van der Waals surface area contributed by atoms with Gasteiger partial charge in [-0.2, -0.15) is 0 Å². The van der Waals surface area contributed by atoms with Crippen molar-refractivity contribution < 1.29 is 13.6 Å². The van der Waals surface area contributed by atoms with E-state index >= 15 is 0 Å². The molecule has 1 nitrogen and oxygen atoms in total. The average Bonchev–Trinajstić information content (AvgIpc) is 2.22. The first-order chi connectivity index (χ1) is 7.56. The molecule has 1 aromatic rings. The van der Waals surface area contributed by atoms with Crippen LogP contribution in [0.15, 0.2) is 18.2 Å². The van der Waals surface area contributed by atoms with E-state index in [2.05, 4.69) is 0 Å². The molecule has 0 aliphatic rings. The summed E-state index contributed by atoms with van der Waals surface area (Å²) in [4.78, 5) is 10.9. The molecule has 1 rings (SSSR count). The summed E-state index contributed by atoms with van der Waals surface area (Å²) in [6, 6.07) is 3.87. The van der Waals surface area contributed by atoms with E-state index in [9.17, 15) is 13.6 Å². The topological polar surface area (TPSA) is 17.1 Å². The predicted molar refractivity (Wildman–Crippen MR) is 59.3 cm³/mol. The second-order valence-electron chi connectivity index (χ2n) is 3.98. The van der Waals surface area contributed by atoms with Crippen LogP contribution in [0.25, 0.3) is 0 Å². The van der Waals surface area contributed by atoms with Gasteiger partial charge in [-0.3, -0.25) is 0 Å². The lowest BCUT2D eigenvalue weighted by molar-refractivity contribution is -0.117. The maximum atomic E-state index is 13.5. The van der Waals surface area contributed by atoms with E-state index in [1.54, 1.807) is 0 Å². The molecule has 0 N–H and O–H groups in total. The van der Waals surface area contributed by atoms with E-state index < -0.39 is 11.6 Å². The standard InChI is InChI=1S/C13H16F2O/c1-3-10(8-7-9(2)16)13-11(14)5-4-6-12(13)15/h4-6,10H,3,7-8H2,1-2H3. The lowest BCUT2D eigenvalue weighted by Crippen LogP contribution is -2.06. The summed E-state index contributed by atoms with van der Waals surface area (Å²) in [6.45, 7) is 3.36. The van der Waals surface area contributed by atoms with Crippen molar-refractivity contribution in [2.45, 2.75) is 39.0 Å². The summed E-state index contributed by atoms with van der Waals surface area (Å²) in [6.07, 6.45) is 1.50. The van der Waals surface area contributed by atoms with Crippen molar-refractivity contribution in [3.63, 3.8) is 0 Å². The molecule has 88 valence electrons. The van der Waals surface area contributed by atoms with E-state index in [-0.39, 0.29) is 17.3 Å². The third-order valence-electron chi connectivity index (χ3n) is 2.75. The van der Waals surface area contributed by atoms with Gasteiger partial charge in [-0.25, -0.2) is 8.78 Å². The van der Waals surface area contributed by atoms with Crippen molar-refractivity contribution in [1.82, 2.24) is 0 Å². The minimum atomic E-state index is -0.518. The zero-order chi connectivity index (χ0) is 12.1. The summed E-state index contributed by atoms with van der Waals surface area (Å²) < 4.78 is 27.0. The molecule has 1 atom stereocenters. The number of hydrogen-bond donors (Lipinski definition) is 0. The molecular formula is C13H16F2O. The molecular weight excluding hydrogens is 210 g/mol. The summed E-state index contributed by atoms with van der Waals surface area (Å²) in [5.41, 5.74) is 0.117. The Morgan fingerprint density at radius 2 is 1.88 bits per heavy atom. The smallest absolute Gasteiger partial charge is 0.129 e. The number of Topliss-reactive ketones (excluding diaryl/α,β-unsaturated/α-hetero) is 1. The van der Waals surface area contributed by atoms with Crippen LogP contribution in [0.2, 0.25) is 0 Å². The van der Waals surface area contributed by atoms with Crippen LogP contribution < -0.4 is 0 Å². The molecule has 0 radical (unpaired) electrons. The van der Waals surface area contributed by atoms with Gasteiger partial charge in [-0.15, -0.1) is 0 Å². The van der Waals surface area contributed by atoms with Crippen LogP contribution in [0.4, 0.5) is 8.78 Å². The number of ketones is 1. The zero-order valence-electron chi connectivity index (χ0n) is 9.59. The summed E-state index contributed by atoms with van der Waals surface area (Å²) >= 11 is 0. The maximum absolute atomic E-state index is 13.5. The van der Waals surface area contributed by atoms with E-state index in [0.29, 0.717) is 19.3 Å². The molecule has 0 aliphatic heterocycles. The van der Waals surface area contributed by atoms with Crippen molar-refractivity contribution >= 4 is 5.78 Å². The molecule has 0 aromatic heterocycles. The van der Waals surface area contributed by atoms with Gasteiger partial charge in [0, 0.05) is 12.0 Å². The number of hydrogen-bond acceptors (Lipinski definition) is 1. The molecule has 0 saturated carbocycles. The van der Waals surface area contributed by atoms with Crippen LogP contribution in [-0.2, 0) is 4.79 Å². The first-order valence-corrected chi connectivity index (χ1v) is 5.49. The van der Waals surface area contributed by atoms with Crippen LogP contribution in [0.5, 0.6) is 0 Å². The SMILES string of the molecule is CCC(CCC(C)=O)c1c(F)cccc1F. The van der Waals surface area contributed by atoms with E-state index in [0.717, 1.165) is 0 Å². The molecule has 1 aromatic carbocycles. The summed E-state index contributed by atoms with van der Waals surface area (Å²) in [7, 11) is 0. The van der Waals surface area contributed by atoms with Gasteiger partial charge in [0.15, 0.2) is 0 Å². The molecule has 16 heavy (non-hydrogen) atoms. The summed E-state index contributed by atoms with van der Waals surface area (Å²) in [5, 5.41) is 0. The highest BCUT2D eigenvalue weighted by atomic mass is 19.1. The quantitative estimate of drug-likeness (QED) is 0.745. The molecule has 0 saturated heterocycles. The van der Waals surface area contributed by atoms with Gasteiger partial charge in [0.25, 0.3) is 0 Å². The van der Waals surface area contributed by atoms with Crippen molar-refractivity contribution in [1.29, 1.82) is 0 Å². The molecule has 1 unspecified atom stereocenters. The van der Waals surface area contributed by atoms with Gasteiger partial charge >= 0.3 is 0 Å². The highest BCUT2D eigenvalue weighted by Gasteiger charge is 2.18. The Kier molecular flexibility index (Phi) is 4.59. The highest BCUT2D eigenvalue weighted by Crippen LogP contribution is 2.29.